The van der Waals surface area contributed by atoms with Crippen LogP contribution >= 0.6 is 0 Å². The quantitative estimate of drug-likeness (QED) is 0.301. The summed E-state index contributed by atoms with van der Waals surface area (Å²) in [6.45, 7) is 8.61. The van der Waals surface area contributed by atoms with E-state index in [4.69, 9.17) is 4.74 Å². The average molecular weight is 400 g/mol. The van der Waals surface area contributed by atoms with E-state index in [1.807, 2.05) is 0 Å². The molecule has 0 amide bonds. The highest BCUT2D eigenvalue weighted by molar-refractivity contribution is 5.91. The zero-order chi connectivity index (χ0) is 20.9. The largest absolute Gasteiger partial charge is 0.360 e. The molecule has 0 spiro atoms. The van der Waals surface area contributed by atoms with Gasteiger partial charge in [0.2, 0.25) is 0 Å². The number of rotatable bonds is 14. The van der Waals surface area contributed by atoms with Gasteiger partial charge in [0.05, 0.1) is 12.2 Å². The summed E-state index contributed by atoms with van der Waals surface area (Å²) in [4.78, 5) is 12.8. The van der Waals surface area contributed by atoms with Crippen LogP contribution in [0.2, 0.25) is 0 Å². The number of ketones is 1. The van der Waals surface area contributed by atoms with E-state index >= 15 is 0 Å². The van der Waals surface area contributed by atoms with Crippen LogP contribution in [0.1, 0.15) is 104 Å². The molecule has 0 N–H and O–H groups in total. The lowest BCUT2D eigenvalue weighted by molar-refractivity contribution is -0.136. The smallest absolute Gasteiger partial charge is 0.168 e. The Morgan fingerprint density at radius 2 is 1.72 bits per heavy atom. The zero-order valence-electron chi connectivity index (χ0n) is 18.8. The summed E-state index contributed by atoms with van der Waals surface area (Å²) in [6.07, 6.45) is 16.4. The van der Waals surface area contributed by atoms with E-state index in [9.17, 15) is 10.1 Å². The molecule has 4 rings (SSSR count). The van der Waals surface area contributed by atoms with Gasteiger partial charge in [-0.1, -0.05) is 72.1 Å². The average Bonchev–Trinajstić information content (AvgIpc) is 3.10. The molecule has 162 valence electrons. The molecule has 0 aromatic carbocycles. The Morgan fingerprint density at radius 1 is 1.07 bits per heavy atom. The Morgan fingerprint density at radius 3 is 2.31 bits per heavy atom. The molecule has 2 saturated heterocycles. The van der Waals surface area contributed by atoms with E-state index in [0.29, 0.717) is 35.7 Å². The van der Waals surface area contributed by atoms with Crippen molar-refractivity contribution in [2.75, 3.05) is 0 Å². The van der Waals surface area contributed by atoms with Gasteiger partial charge in [-0.05, 0) is 49.4 Å². The van der Waals surface area contributed by atoms with E-state index in [2.05, 4.69) is 26.8 Å². The highest BCUT2D eigenvalue weighted by atomic mass is 16.5. The van der Waals surface area contributed by atoms with Gasteiger partial charge in [0.1, 0.15) is 0 Å². The summed E-state index contributed by atoms with van der Waals surface area (Å²) in [6, 6.07) is 2.48. The number of unbranched alkanes of at least 4 members (excludes halogenated alkanes) is 7. The maximum absolute atomic E-state index is 12.8. The molecule has 2 heterocycles. The van der Waals surface area contributed by atoms with Crippen molar-refractivity contribution in [3.8, 4) is 6.07 Å². The van der Waals surface area contributed by atoms with Crippen molar-refractivity contribution in [3.63, 3.8) is 0 Å². The van der Waals surface area contributed by atoms with Gasteiger partial charge in [-0.3, -0.25) is 4.79 Å². The standard InChI is InChI=1S/C26H41NO2/c1-4-5-6-7-8-9-10-13-19(18-27)14-11-12-15-23(28)25-20-16-22-24(29-25)17-21(20)26(22,2)3/h19-22,24H,1,4-17H2,2-3H3. The third kappa shape index (κ3) is 5.25. The minimum absolute atomic E-state index is 0.160. The molecule has 4 fully saturated rings. The van der Waals surface area contributed by atoms with Crippen molar-refractivity contribution in [1.82, 2.24) is 0 Å². The normalized spacial score (nSPS) is 30.6. The van der Waals surface area contributed by atoms with Gasteiger partial charge in [0, 0.05) is 18.3 Å². The van der Waals surface area contributed by atoms with Crippen molar-refractivity contribution < 1.29 is 9.53 Å². The Balaban J connectivity index is 1.27. The Kier molecular flexibility index (Phi) is 8.20. The number of hydrogen-bond donors (Lipinski definition) is 0. The van der Waals surface area contributed by atoms with Crippen LogP contribution in [0.4, 0.5) is 0 Å². The number of carbonyl (C=O) groups is 1. The lowest BCUT2D eigenvalue weighted by Crippen LogP contribution is -2.41. The van der Waals surface area contributed by atoms with Crippen LogP contribution in [0.15, 0.2) is 0 Å². The van der Waals surface area contributed by atoms with Crippen molar-refractivity contribution in [1.29, 1.82) is 5.26 Å². The number of fused-ring (bicyclic) bond motifs is 1. The van der Waals surface area contributed by atoms with E-state index in [-0.39, 0.29) is 11.7 Å². The van der Waals surface area contributed by atoms with Crippen LogP contribution in [-0.4, -0.2) is 11.9 Å². The third-order valence-corrected chi connectivity index (χ3v) is 8.17. The molecule has 29 heavy (non-hydrogen) atoms. The first-order valence-corrected chi connectivity index (χ1v) is 12.2. The Hall–Kier alpha value is -0.880. The fourth-order valence-corrected chi connectivity index (χ4v) is 6.34. The van der Waals surface area contributed by atoms with Crippen molar-refractivity contribution >= 4 is 5.78 Å². The molecule has 2 aliphatic heterocycles. The maximum Gasteiger partial charge on any atom is 0.168 e. The SMILES string of the molecule is [CH2]CCCCCCCCC(C#N)CCCCC(=O)[C]1OC2CC3C1CC2C3(C)C. The molecule has 4 bridgehead atoms. The number of carbonyl (C=O) groups excluding carboxylic acids is 1. The molecular formula is C26H41NO2. The summed E-state index contributed by atoms with van der Waals surface area (Å²) in [5.41, 5.74) is 0.338. The summed E-state index contributed by atoms with van der Waals surface area (Å²) in [5, 5.41) is 9.42. The Labute approximate surface area is 179 Å². The van der Waals surface area contributed by atoms with Crippen LogP contribution in [0, 0.1) is 53.4 Å². The van der Waals surface area contributed by atoms with Crippen LogP contribution in [0.3, 0.4) is 0 Å². The number of ether oxygens (including phenoxy) is 1. The van der Waals surface area contributed by atoms with Gasteiger partial charge in [0.15, 0.2) is 11.9 Å². The molecule has 5 atom stereocenters. The number of nitrogens with zero attached hydrogens (tertiary/aromatic N) is 1. The molecule has 5 unspecified atom stereocenters. The molecule has 2 saturated carbocycles. The van der Waals surface area contributed by atoms with Crippen molar-refractivity contribution in [2.45, 2.75) is 110 Å². The highest BCUT2D eigenvalue weighted by Crippen LogP contribution is 2.67. The highest BCUT2D eigenvalue weighted by Gasteiger charge is 2.65. The van der Waals surface area contributed by atoms with Gasteiger partial charge in [-0.2, -0.15) is 5.26 Å². The number of Topliss-reactive ketones (excluding diaryl/α,β-unsaturated/α-hetero) is 1. The summed E-state index contributed by atoms with van der Waals surface area (Å²) in [7, 11) is 0. The third-order valence-electron chi connectivity index (χ3n) is 8.17. The molecule has 2 radical (unpaired) electrons. The molecule has 3 nitrogen and oxygen atoms in total. The fourth-order valence-electron chi connectivity index (χ4n) is 6.34. The van der Waals surface area contributed by atoms with E-state index < -0.39 is 0 Å². The summed E-state index contributed by atoms with van der Waals surface area (Å²) >= 11 is 0. The van der Waals surface area contributed by atoms with Gasteiger partial charge >= 0.3 is 0 Å². The second-order valence-electron chi connectivity index (χ2n) is 10.4. The number of nitriles is 1. The Bertz CT molecular complexity index is 578. The molecular weight excluding hydrogens is 358 g/mol. The van der Waals surface area contributed by atoms with Crippen LogP contribution in [0.5, 0.6) is 0 Å². The lowest BCUT2D eigenvalue weighted by Gasteiger charge is -2.40. The molecule has 2 aliphatic carbocycles. The minimum Gasteiger partial charge on any atom is -0.360 e. The fraction of sp³-hybridized carbons (Fsp3) is 0.846. The molecule has 0 aromatic heterocycles. The molecule has 0 aromatic rings. The zero-order valence-corrected chi connectivity index (χ0v) is 18.8. The van der Waals surface area contributed by atoms with Gasteiger partial charge < -0.3 is 4.74 Å². The first-order chi connectivity index (χ1) is 14.0. The first-order valence-electron chi connectivity index (χ1n) is 12.2. The van der Waals surface area contributed by atoms with Gasteiger partial charge in [-0.15, -0.1) is 0 Å². The summed E-state index contributed by atoms with van der Waals surface area (Å²) in [5.74, 6) is 2.08. The number of hydrogen-bond acceptors (Lipinski definition) is 3. The van der Waals surface area contributed by atoms with Gasteiger partial charge in [-0.25, -0.2) is 0 Å². The van der Waals surface area contributed by atoms with Crippen LogP contribution < -0.4 is 0 Å². The topological polar surface area (TPSA) is 50.1 Å². The molecule has 4 aliphatic rings. The van der Waals surface area contributed by atoms with Gasteiger partial charge in [0.25, 0.3) is 0 Å². The summed E-state index contributed by atoms with van der Waals surface area (Å²) < 4.78 is 6.15. The van der Waals surface area contributed by atoms with Crippen LogP contribution in [0.25, 0.3) is 0 Å². The molecule has 3 heteroatoms. The first kappa shape index (κ1) is 22.8. The van der Waals surface area contributed by atoms with Crippen LogP contribution in [-0.2, 0) is 9.53 Å². The second-order valence-corrected chi connectivity index (χ2v) is 10.4. The second kappa shape index (κ2) is 10.4. The van der Waals surface area contributed by atoms with E-state index in [0.717, 1.165) is 57.5 Å². The van der Waals surface area contributed by atoms with Crippen molar-refractivity contribution in [3.05, 3.63) is 13.0 Å². The maximum atomic E-state index is 12.8. The van der Waals surface area contributed by atoms with E-state index in [1.165, 1.54) is 32.1 Å². The monoisotopic (exact) mass is 399 g/mol. The van der Waals surface area contributed by atoms with E-state index in [1.54, 1.807) is 0 Å². The predicted molar refractivity (Wildman–Crippen MR) is 116 cm³/mol. The van der Waals surface area contributed by atoms with Crippen molar-refractivity contribution in [2.24, 2.45) is 29.1 Å². The predicted octanol–water partition coefficient (Wildman–Crippen LogP) is 6.82. The minimum atomic E-state index is 0.160. The lowest BCUT2D eigenvalue weighted by atomic mass is 9.76.